The molecule has 0 aliphatic carbocycles. The molecule has 0 heterocycles. The predicted octanol–water partition coefficient (Wildman–Crippen LogP) is 2.77. The highest BCUT2D eigenvalue weighted by molar-refractivity contribution is 6.49. The molecule has 0 aliphatic rings. The van der Waals surface area contributed by atoms with Gasteiger partial charge >= 0.3 is 0 Å². The Labute approximate surface area is 116 Å². The van der Waals surface area contributed by atoms with Crippen LogP contribution >= 0.6 is 0 Å². The van der Waals surface area contributed by atoms with Crippen molar-refractivity contribution in [3.05, 3.63) is 59.7 Å². The number of hydrogen-bond acceptors (Lipinski definition) is 4. The summed E-state index contributed by atoms with van der Waals surface area (Å²) in [6.07, 6.45) is 0. The van der Waals surface area contributed by atoms with E-state index in [9.17, 15) is 9.59 Å². The molecule has 2 aromatic rings. The van der Waals surface area contributed by atoms with E-state index in [1.54, 1.807) is 42.5 Å². The molecule has 0 fully saturated rings. The van der Waals surface area contributed by atoms with Gasteiger partial charge in [-0.2, -0.15) is 0 Å². The first-order chi connectivity index (χ1) is 9.67. The van der Waals surface area contributed by atoms with Crippen molar-refractivity contribution in [2.24, 2.45) is 0 Å². The molecule has 0 saturated carbocycles. The fraction of sp³-hybridized carbons (Fsp3) is 0.125. The molecule has 2 aromatic carbocycles. The lowest BCUT2D eigenvalue weighted by Gasteiger charge is -2.08. The summed E-state index contributed by atoms with van der Waals surface area (Å²) in [5, 5.41) is 0. The quantitative estimate of drug-likeness (QED) is 0.619. The molecule has 0 saturated heterocycles. The van der Waals surface area contributed by atoms with Gasteiger partial charge in [-0.05, 0) is 18.2 Å². The summed E-state index contributed by atoms with van der Waals surface area (Å²) in [5.74, 6) is -0.189. The first kappa shape index (κ1) is 13.8. The number of carbonyl (C=O) groups is 2. The lowest BCUT2D eigenvalue weighted by atomic mass is 10.0. The van der Waals surface area contributed by atoms with Crippen molar-refractivity contribution in [3.63, 3.8) is 0 Å². The number of carbonyl (C=O) groups excluding carboxylic acids is 2. The zero-order valence-electron chi connectivity index (χ0n) is 11.3. The highest BCUT2D eigenvalue weighted by Gasteiger charge is 2.19. The second-order valence-corrected chi connectivity index (χ2v) is 4.09. The zero-order valence-corrected chi connectivity index (χ0v) is 11.3. The lowest BCUT2D eigenvalue weighted by Crippen LogP contribution is -2.14. The van der Waals surface area contributed by atoms with Crippen LogP contribution in [0.1, 0.15) is 20.7 Å². The third-order valence-corrected chi connectivity index (χ3v) is 2.89. The van der Waals surface area contributed by atoms with Crippen molar-refractivity contribution in [3.8, 4) is 11.5 Å². The van der Waals surface area contributed by atoms with E-state index in [-0.39, 0.29) is 5.56 Å². The number of ketones is 2. The second-order valence-electron chi connectivity index (χ2n) is 4.09. The Hall–Kier alpha value is -2.62. The van der Waals surface area contributed by atoms with E-state index >= 15 is 0 Å². The predicted molar refractivity (Wildman–Crippen MR) is 74.6 cm³/mol. The molecular weight excluding hydrogens is 256 g/mol. The first-order valence-electron chi connectivity index (χ1n) is 6.03. The molecule has 2 rings (SSSR count). The largest absolute Gasteiger partial charge is 0.493 e. The van der Waals surface area contributed by atoms with Crippen molar-refractivity contribution in [1.29, 1.82) is 0 Å². The van der Waals surface area contributed by atoms with E-state index in [1.165, 1.54) is 20.3 Å². The topological polar surface area (TPSA) is 52.6 Å². The number of rotatable bonds is 5. The standard InChI is InChI=1S/C16H14O4/c1-19-13-9-8-12(10-14(13)20-2)16(18)15(17)11-6-4-3-5-7-11/h3-10H,1-2H3. The van der Waals surface area contributed by atoms with Crippen LogP contribution in [0.4, 0.5) is 0 Å². The van der Waals surface area contributed by atoms with Gasteiger partial charge < -0.3 is 9.47 Å². The Balaban J connectivity index is 2.32. The van der Waals surface area contributed by atoms with Gasteiger partial charge in [0.15, 0.2) is 11.5 Å². The van der Waals surface area contributed by atoms with Gasteiger partial charge in [0.1, 0.15) is 0 Å². The lowest BCUT2D eigenvalue weighted by molar-refractivity contribution is 0.0816. The average molecular weight is 270 g/mol. The number of methoxy groups -OCH3 is 2. The first-order valence-corrected chi connectivity index (χ1v) is 6.03. The third kappa shape index (κ3) is 2.69. The normalized spacial score (nSPS) is 9.90. The van der Waals surface area contributed by atoms with E-state index in [0.717, 1.165) is 0 Å². The average Bonchev–Trinajstić information content (AvgIpc) is 2.53. The summed E-state index contributed by atoms with van der Waals surface area (Å²) in [6, 6.07) is 13.1. The molecule has 20 heavy (non-hydrogen) atoms. The monoisotopic (exact) mass is 270 g/mol. The van der Waals surface area contributed by atoms with E-state index < -0.39 is 11.6 Å². The van der Waals surface area contributed by atoms with Crippen molar-refractivity contribution in [2.45, 2.75) is 0 Å². The smallest absolute Gasteiger partial charge is 0.233 e. The minimum absolute atomic E-state index is 0.275. The summed E-state index contributed by atoms with van der Waals surface area (Å²) >= 11 is 0. The number of benzene rings is 2. The van der Waals surface area contributed by atoms with Crippen LogP contribution in [-0.2, 0) is 0 Å². The van der Waals surface area contributed by atoms with Crippen molar-refractivity contribution in [1.82, 2.24) is 0 Å². The van der Waals surface area contributed by atoms with Gasteiger partial charge in [0.2, 0.25) is 11.6 Å². The van der Waals surface area contributed by atoms with E-state index in [4.69, 9.17) is 9.47 Å². The van der Waals surface area contributed by atoms with Gasteiger partial charge in [0, 0.05) is 11.1 Å². The van der Waals surface area contributed by atoms with Crippen molar-refractivity contribution >= 4 is 11.6 Å². The second kappa shape index (κ2) is 6.02. The van der Waals surface area contributed by atoms with Crippen LogP contribution in [0.5, 0.6) is 11.5 Å². The molecular formula is C16H14O4. The van der Waals surface area contributed by atoms with Crippen LogP contribution in [0.25, 0.3) is 0 Å². The Morgan fingerprint density at radius 3 is 1.95 bits per heavy atom. The van der Waals surface area contributed by atoms with Crippen LogP contribution in [0.3, 0.4) is 0 Å². The molecule has 0 spiro atoms. The number of hydrogen-bond donors (Lipinski definition) is 0. The van der Waals surface area contributed by atoms with Gasteiger partial charge in [-0.25, -0.2) is 0 Å². The summed E-state index contributed by atoms with van der Waals surface area (Å²) in [4.78, 5) is 24.2. The molecule has 4 heteroatoms. The van der Waals surface area contributed by atoms with E-state index in [0.29, 0.717) is 17.1 Å². The van der Waals surface area contributed by atoms with Crippen LogP contribution < -0.4 is 9.47 Å². The van der Waals surface area contributed by atoms with Crippen LogP contribution in [0.15, 0.2) is 48.5 Å². The molecule has 0 unspecified atom stereocenters. The zero-order chi connectivity index (χ0) is 14.5. The van der Waals surface area contributed by atoms with E-state index in [2.05, 4.69) is 0 Å². The Morgan fingerprint density at radius 2 is 1.35 bits per heavy atom. The fourth-order valence-electron chi connectivity index (χ4n) is 1.83. The van der Waals surface area contributed by atoms with Gasteiger partial charge in [0.05, 0.1) is 14.2 Å². The molecule has 0 bridgehead atoms. The molecule has 4 nitrogen and oxygen atoms in total. The number of Topliss-reactive ketones (excluding diaryl/α,β-unsaturated/α-hetero) is 2. The van der Waals surface area contributed by atoms with Gasteiger partial charge in [-0.15, -0.1) is 0 Å². The van der Waals surface area contributed by atoms with Crippen LogP contribution in [0, 0.1) is 0 Å². The highest BCUT2D eigenvalue weighted by atomic mass is 16.5. The minimum atomic E-state index is -0.572. The Bertz CT molecular complexity index is 632. The molecule has 0 amide bonds. The molecule has 0 N–H and O–H groups in total. The maximum atomic E-state index is 12.2. The fourth-order valence-corrected chi connectivity index (χ4v) is 1.83. The van der Waals surface area contributed by atoms with Crippen molar-refractivity contribution < 1.29 is 19.1 Å². The SMILES string of the molecule is COc1ccc(C(=O)C(=O)c2ccccc2)cc1OC. The molecule has 0 aliphatic heterocycles. The Morgan fingerprint density at radius 1 is 0.750 bits per heavy atom. The van der Waals surface area contributed by atoms with Crippen LogP contribution in [-0.4, -0.2) is 25.8 Å². The minimum Gasteiger partial charge on any atom is -0.493 e. The third-order valence-electron chi connectivity index (χ3n) is 2.89. The molecule has 102 valence electrons. The Kier molecular flexibility index (Phi) is 4.15. The van der Waals surface area contributed by atoms with Gasteiger partial charge in [0.25, 0.3) is 0 Å². The van der Waals surface area contributed by atoms with Gasteiger partial charge in [-0.1, -0.05) is 30.3 Å². The molecule has 0 radical (unpaired) electrons. The number of ether oxygens (including phenoxy) is 2. The summed E-state index contributed by atoms with van der Waals surface area (Å²) in [7, 11) is 2.99. The maximum Gasteiger partial charge on any atom is 0.233 e. The van der Waals surface area contributed by atoms with Crippen molar-refractivity contribution in [2.75, 3.05) is 14.2 Å². The summed E-state index contributed by atoms with van der Waals surface area (Å²) in [5.41, 5.74) is 0.642. The highest BCUT2D eigenvalue weighted by Crippen LogP contribution is 2.28. The van der Waals surface area contributed by atoms with Crippen LogP contribution in [0.2, 0.25) is 0 Å². The molecule has 0 atom stereocenters. The van der Waals surface area contributed by atoms with Gasteiger partial charge in [-0.3, -0.25) is 9.59 Å². The summed E-state index contributed by atoms with van der Waals surface area (Å²) < 4.78 is 10.2. The molecule has 0 aromatic heterocycles. The maximum absolute atomic E-state index is 12.2. The summed E-state index contributed by atoms with van der Waals surface area (Å²) in [6.45, 7) is 0. The van der Waals surface area contributed by atoms with E-state index in [1.807, 2.05) is 0 Å².